The largest absolute Gasteiger partial charge is 0.379 e. The molecule has 3 aliphatic rings. The van der Waals surface area contributed by atoms with E-state index in [1.54, 1.807) is 6.07 Å². The monoisotopic (exact) mass is 529 g/mol. The summed E-state index contributed by atoms with van der Waals surface area (Å²) >= 11 is 2.00. The summed E-state index contributed by atoms with van der Waals surface area (Å²) in [5.74, 6) is 0.754. The molecule has 0 aliphatic carbocycles. The lowest BCUT2D eigenvalue weighted by Gasteiger charge is -2.45. The summed E-state index contributed by atoms with van der Waals surface area (Å²) in [6.45, 7) is 3.23. The fourth-order valence-corrected chi connectivity index (χ4v) is 5.52. The number of halogens is 2. The summed E-state index contributed by atoms with van der Waals surface area (Å²) in [5, 5.41) is 4.51. The minimum atomic E-state index is -0.339. The van der Waals surface area contributed by atoms with Gasteiger partial charge in [0.15, 0.2) is 0 Å². The Hall–Kier alpha value is -2.46. The predicted molar refractivity (Wildman–Crippen MR) is 129 cm³/mol. The number of fused-ring (bicyclic) bond motifs is 5. The standard InChI is InChI=1S/C23H21FIN5O/c24-14-10-18-13(9-15(14)25)21(26-19-11-30-7-5-12(19)6-8-30)20(23(31)29-18)22-27-16-3-1-2-4-17(16)28-22/h1-4,9-10,12,19H,5-8,11H2,(H,27,28)(H2,26,29,31)/t19-/m0/s1. The summed E-state index contributed by atoms with van der Waals surface area (Å²) in [5.41, 5.74) is 3.10. The highest BCUT2D eigenvalue weighted by molar-refractivity contribution is 14.1. The first-order chi connectivity index (χ1) is 15.1. The van der Waals surface area contributed by atoms with Gasteiger partial charge in [0.1, 0.15) is 17.2 Å². The van der Waals surface area contributed by atoms with Crippen molar-refractivity contribution in [3.8, 4) is 11.4 Å². The number of hydrogen-bond acceptors (Lipinski definition) is 4. The zero-order chi connectivity index (χ0) is 21.1. The van der Waals surface area contributed by atoms with Crippen molar-refractivity contribution in [1.29, 1.82) is 0 Å². The first kappa shape index (κ1) is 19.2. The van der Waals surface area contributed by atoms with Gasteiger partial charge in [-0.3, -0.25) is 4.79 Å². The van der Waals surface area contributed by atoms with Crippen LogP contribution in [0, 0.1) is 15.3 Å². The number of aromatic nitrogens is 3. The minimum absolute atomic E-state index is 0.248. The Morgan fingerprint density at radius 2 is 1.94 bits per heavy atom. The van der Waals surface area contributed by atoms with Crippen LogP contribution in [0.25, 0.3) is 33.3 Å². The number of benzene rings is 2. The molecule has 2 aromatic heterocycles. The fraction of sp³-hybridized carbons (Fsp3) is 0.304. The fourth-order valence-electron chi connectivity index (χ4n) is 5.05. The highest BCUT2D eigenvalue weighted by Crippen LogP contribution is 2.36. The van der Waals surface area contributed by atoms with Gasteiger partial charge in [-0.05, 0) is 78.7 Å². The first-order valence-electron chi connectivity index (χ1n) is 10.6. The van der Waals surface area contributed by atoms with E-state index >= 15 is 0 Å². The zero-order valence-electron chi connectivity index (χ0n) is 16.7. The lowest BCUT2D eigenvalue weighted by molar-refractivity contribution is 0.0976. The second-order valence-corrected chi connectivity index (χ2v) is 9.67. The van der Waals surface area contributed by atoms with Crippen LogP contribution in [-0.2, 0) is 0 Å². The normalized spacial score (nSPS) is 23.0. The highest BCUT2D eigenvalue weighted by atomic mass is 127. The van der Waals surface area contributed by atoms with E-state index in [1.807, 2.05) is 46.9 Å². The van der Waals surface area contributed by atoms with Crippen molar-refractivity contribution in [2.75, 3.05) is 25.0 Å². The van der Waals surface area contributed by atoms with Gasteiger partial charge in [0, 0.05) is 21.5 Å². The molecule has 2 aromatic carbocycles. The maximum atomic E-state index is 14.3. The number of nitrogens with zero attached hydrogens (tertiary/aromatic N) is 2. The molecule has 0 radical (unpaired) electrons. The van der Waals surface area contributed by atoms with Crippen LogP contribution in [0.15, 0.2) is 41.2 Å². The van der Waals surface area contributed by atoms with Gasteiger partial charge in [-0.15, -0.1) is 0 Å². The Morgan fingerprint density at radius 1 is 1.13 bits per heavy atom. The van der Waals surface area contributed by atoms with Crippen LogP contribution in [0.5, 0.6) is 0 Å². The maximum absolute atomic E-state index is 14.3. The molecule has 5 heterocycles. The molecule has 0 amide bonds. The summed E-state index contributed by atoms with van der Waals surface area (Å²) in [4.78, 5) is 26.6. The van der Waals surface area contributed by atoms with Crippen LogP contribution in [-0.4, -0.2) is 45.5 Å². The minimum Gasteiger partial charge on any atom is -0.379 e. The van der Waals surface area contributed by atoms with Crippen molar-refractivity contribution in [2.45, 2.75) is 18.9 Å². The lowest BCUT2D eigenvalue weighted by Crippen LogP contribution is -2.53. The van der Waals surface area contributed by atoms with Crippen LogP contribution in [0.4, 0.5) is 10.1 Å². The number of para-hydroxylation sites is 2. The quantitative estimate of drug-likeness (QED) is 0.346. The van der Waals surface area contributed by atoms with E-state index in [4.69, 9.17) is 4.98 Å². The average molecular weight is 529 g/mol. The summed E-state index contributed by atoms with van der Waals surface area (Å²) in [7, 11) is 0. The molecule has 8 heteroatoms. The van der Waals surface area contributed by atoms with E-state index in [0.29, 0.717) is 26.4 Å². The van der Waals surface area contributed by atoms with Crippen LogP contribution in [0.1, 0.15) is 12.8 Å². The number of aromatic amines is 2. The molecule has 4 aromatic rings. The van der Waals surface area contributed by atoms with Crippen molar-refractivity contribution in [3.63, 3.8) is 0 Å². The van der Waals surface area contributed by atoms with Gasteiger partial charge in [0.25, 0.3) is 5.56 Å². The molecule has 3 fully saturated rings. The molecular formula is C23H21FIN5O. The van der Waals surface area contributed by atoms with E-state index in [2.05, 4.69) is 20.2 Å². The molecule has 0 unspecified atom stereocenters. The molecular weight excluding hydrogens is 508 g/mol. The van der Waals surface area contributed by atoms with Crippen LogP contribution >= 0.6 is 22.6 Å². The van der Waals surface area contributed by atoms with Crippen molar-refractivity contribution in [3.05, 3.63) is 56.1 Å². The molecule has 158 valence electrons. The smallest absolute Gasteiger partial charge is 0.261 e. The van der Waals surface area contributed by atoms with E-state index in [-0.39, 0.29) is 17.4 Å². The predicted octanol–water partition coefficient (Wildman–Crippen LogP) is 4.32. The third kappa shape index (κ3) is 3.23. The number of imidazole rings is 1. The third-order valence-electron chi connectivity index (χ3n) is 6.67. The number of hydrogen-bond donors (Lipinski definition) is 3. The number of anilines is 1. The van der Waals surface area contributed by atoms with Gasteiger partial charge >= 0.3 is 0 Å². The molecule has 1 atom stereocenters. The van der Waals surface area contributed by atoms with Crippen molar-refractivity contribution in [2.24, 2.45) is 5.92 Å². The molecule has 0 saturated carbocycles. The Labute approximate surface area is 191 Å². The summed E-state index contributed by atoms with van der Waals surface area (Å²) < 4.78 is 14.8. The van der Waals surface area contributed by atoms with Crippen molar-refractivity contribution in [1.82, 2.24) is 19.9 Å². The first-order valence-corrected chi connectivity index (χ1v) is 11.6. The Kier molecular flexibility index (Phi) is 4.53. The lowest BCUT2D eigenvalue weighted by atomic mass is 9.83. The number of nitrogens with one attached hydrogen (secondary N) is 3. The maximum Gasteiger partial charge on any atom is 0.261 e. The molecule has 2 bridgehead atoms. The average Bonchev–Trinajstić information content (AvgIpc) is 3.20. The number of pyridine rings is 1. The van der Waals surface area contributed by atoms with Gasteiger partial charge < -0.3 is 20.2 Å². The topological polar surface area (TPSA) is 76.8 Å². The van der Waals surface area contributed by atoms with E-state index in [0.717, 1.165) is 54.6 Å². The van der Waals surface area contributed by atoms with Gasteiger partial charge in [0.05, 0.1) is 22.2 Å². The SMILES string of the molecule is O=c1[nH]c2cc(F)c(I)cc2c(N[C@H]2CN3CCC2CC3)c1-c1nc2ccccc2[nH]1. The van der Waals surface area contributed by atoms with Gasteiger partial charge in [0.2, 0.25) is 0 Å². The second-order valence-electron chi connectivity index (χ2n) is 8.51. The van der Waals surface area contributed by atoms with Gasteiger partial charge in [-0.2, -0.15) is 0 Å². The summed E-state index contributed by atoms with van der Waals surface area (Å²) in [6, 6.07) is 11.2. The van der Waals surface area contributed by atoms with Crippen LogP contribution < -0.4 is 10.9 Å². The van der Waals surface area contributed by atoms with Crippen LogP contribution in [0.2, 0.25) is 0 Å². The molecule has 0 spiro atoms. The van der Waals surface area contributed by atoms with Crippen LogP contribution in [0.3, 0.4) is 0 Å². The molecule has 3 saturated heterocycles. The number of rotatable bonds is 3. The van der Waals surface area contributed by atoms with Gasteiger partial charge in [-0.25, -0.2) is 9.37 Å². The zero-order valence-corrected chi connectivity index (χ0v) is 18.9. The molecule has 6 nitrogen and oxygen atoms in total. The highest BCUT2D eigenvalue weighted by Gasteiger charge is 2.35. The molecule has 3 aliphatic heterocycles. The van der Waals surface area contributed by atoms with E-state index in [9.17, 15) is 9.18 Å². The Bertz CT molecular complexity index is 1340. The number of H-pyrrole nitrogens is 2. The molecule has 3 N–H and O–H groups in total. The Morgan fingerprint density at radius 3 is 2.68 bits per heavy atom. The number of piperidine rings is 3. The second kappa shape index (κ2) is 7.30. The van der Waals surface area contributed by atoms with Crippen molar-refractivity contribution < 1.29 is 4.39 Å². The summed E-state index contributed by atoms with van der Waals surface area (Å²) in [6.07, 6.45) is 2.32. The van der Waals surface area contributed by atoms with Gasteiger partial charge in [-0.1, -0.05) is 12.1 Å². The van der Waals surface area contributed by atoms with E-state index in [1.165, 1.54) is 6.07 Å². The third-order valence-corrected chi connectivity index (χ3v) is 7.49. The van der Waals surface area contributed by atoms with Crippen molar-refractivity contribution >= 4 is 50.2 Å². The van der Waals surface area contributed by atoms with E-state index < -0.39 is 0 Å². The molecule has 31 heavy (non-hydrogen) atoms. The Balaban J connectivity index is 1.58. The molecule has 7 rings (SSSR count).